The van der Waals surface area contributed by atoms with Crippen molar-refractivity contribution in [3.63, 3.8) is 0 Å². The van der Waals surface area contributed by atoms with Gasteiger partial charge in [0.2, 0.25) is 6.08 Å². The first-order valence-corrected chi connectivity index (χ1v) is 6.44. The van der Waals surface area contributed by atoms with E-state index in [0.29, 0.717) is 11.3 Å². The third-order valence-corrected chi connectivity index (χ3v) is 2.60. The molecule has 0 saturated heterocycles. The van der Waals surface area contributed by atoms with Gasteiger partial charge in [0.25, 0.3) is 5.72 Å². The molecular formula is C15H20N2O4. The number of aliphatic imine (C=N–C) groups is 1. The Hall–Kier alpha value is -2.17. The fourth-order valence-electron chi connectivity index (χ4n) is 1.98. The summed E-state index contributed by atoms with van der Waals surface area (Å²) in [7, 11) is 1.21. The smallest absolute Gasteiger partial charge is 0.362 e. The molecule has 0 unspecified atom stereocenters. The standard InChI is InChI=1S/C15H20N2O4/c1-14(2,3)21-15(17-10-18,13(19)20-4)9-11-6-5-7-12(16)8-11/h5-8H,9,16H2,1-4H3/t15-/m0/s1. The Bertz CT molecular complexity index is 559. The van der Waals surface area contributed by atoms with Gasteiger partial charge in [0, 0.05) is 12.1 Å². The number of nitrogens with zero attached hydrogens (tertiary/aromatic N) is 1. The second-order valence-electron chi connectivity index (χ2n) is 5.62. The molecule has 0 radical (unpaired) electrons. The van der Waals surface area contributed by atoms with Gasteiger partial charge in [0.1, 0.15) is 0 Å². The highest BCUT2D eigenvalue weighted by atomic mass is 16.6. The number of carbonyl (C=O) groups excluding carboxylic acids is 2. The molecule has 0 aliphatic rings. The minimum atomic E-state index is -1.78. The maximum atomic E-state index is 12.1. The van der Waals surface area contributed by atoms with Gasteiger partial charge in [0.15, 0.2) is 0 Å². The van der Waals surface area contributed by atoms with Gasteiger partial charge >= 0.3 is 5.97 Å². The van der Waals surface area contributed by atoms with Crippen LogP contribution in [0.15, 0.2) is 29.3 Å². The van der Waals surface area contributed by atoms with Crippen LogP contribution in [0.2, 0.25) is 0 Å². The summed E-state index contributed by atoms with van der Waals surface area (Å²) in [4.78, 5) is 26.5. The second-order valence-corrected chi connectivity index (χ2v) is 5.62. The number of esters is 1. The summed E-state index contributed by atoms with van der Waals surface area (Å²) in [5.74, 6) is -0.761. The molecule has 6 heteroatoms. The van der Waals surface area contributed by atoms with Crippen molar-refractivity contribution in [2.75, 3.05) is 12.8 Å². The van der Waals surface area contributed by atoms with Crippen molar-refractivity contribution in [1.82, 2.24) is 0 Å². The average Bonchev–Trinajstić information content (AvgIpc) is 2.36. The first-order chi connectivity index (χ1) is 9.72. The predicted octanol–water partition coefficient (Wildman–Crippen LogP) is 1.83. The molecule has 0 aliphatic heterocycles. The van der Waals surface area contributed by atoms with E-state index in [4.69, 9.17) is 15.2 Å². The number of methoxy groups -OCH3 is 1. The Morgan fingerprint density at radius 2 is 2.05 bits per heavy atom. The van der Waals surface area contributed by atoms with Crippen LogP contribution in [-0.4, -0.2) is 30.5 Å². The van der Waals surface area contributed by atoms with Crippen LogP contribution in [-0.2, 0) is 25.5 Å². The van der Waals surface area contributed by atoms with Crippen molar-refractivity contribution in [3.05, 3.63) is 29.8 Å². The zero-order valence-corrected chi connectivity index (χ0v) is 12.7. The fourth-order valence-corrected chi connectivity index (χ4v) is 1.98. The van der Waals surface area contributed by atoms with E-state index in [9.17, 15) is 9.59 Å². The normalized spacial score (nSPS) is 13.9. The molecule has 0 saturated carbocycles. The molecule has 6 nitrogen and oxygen atoms in total. The molecule has 1 rings (SSSR count). The van der Waals surface area contributed by atoms with Crippen LogP contribution >= 0.6 is 0 Å². The summed E-state index contributed by atoms with van der Waals surface area (Å²) < 4.78 is 10.5. The molecule has 0 amide bonds. The van der Waals surface area contributed by atoms with E-state index in [1.165, 1.54) is 13.2 Å². The first kappa shape index (κ1) is 16.9. The lowest BCUT2D eigenvalue weighted by Crippen LogP contribution is -2.47. The Morgan fingerprint density at radius 3 is 2.52 bits per heavy atom. The van der Waals surface area contributed by atoms with Crippen LogP contribution in [0.3, 0.4) is 0 Å². The monoisotopic (exact) mass is 292 g/mol. The molecule has 1 aromatic carbocycles. The zero-order chi connectivity index (χ0) is 16.1. The maximum Gasteiger partial charge on any atom is 0.362 e. The molecule has 0 bridgehead atoms. The Labute approximate surface area is 124 Å². The Morgan fingerprint density at radius 1 is 1.38 bits per heavy atom. The molecule has 114 valence electrons. The molecule has 1 atom stereocenters. The number of hydrogen-bond donors (Lipinski definition) is 1. The Balaban J connectivity index is 3.27. The predicted molar refractivity (Wildman–Crippen MR) is 78.3 cm³/mol. The molecule has 0 aliphatic carbocycles. The summed E-state index contributed by atoms with van der Waals surface area (Å²) in [6, 6.07) is 6.91. The summed E-state index contributed by atoms with van der Waals surface area (Å²) in [6.45, 7) is 5.26. The van der Waals surface area contributed by atoms with Gasteiger partial charge in [-0.2, -0.15) is 4.99 Å². The van der Waals surface area contributed by atoms with Crippen molar-refractivity contribution in [3.8, 4) is 0 Å². The van der Waals surface area contributed by atoms with E-state index in [1.54, 1.807) is 45.0 Å². The number of anilines is 1. The highest BCUT2D eigenvalue weighted by molar-refractivity contribution is 5.80. The van der Waals surface area contributed by atoms with Crippen molar-refractivity contribution < 1.29 is 19.1 Å². The molecule has 2 N–H and O–H groups in total. The van der Waals surface area contributed by atoms with Crippen LogP contribution < -0.4 is 5.73 Å². The summed E-state index contributed by atoms with van der Waals surface area (Å²) in [5.41, 5.74) is 4.47. The van der Waals surface area contributed by atoms with Crippen molar-refractivity contribution in [2.45, 2.75) is 38.5 Å². The number of nitrogens with two attached hydrogens (primary N) is 1. The zero-order valence-electron chi connectivity index (χ0n) is 12.7. The SMILES string of the molecule is COC(=O)[C@@](Cc1cccc(N)c1)(N=C=O)OC(C)(C)C. The Kier molecular flexibility index (Phi) is 5.24. The number of hydrogen-bond acceptors (Lipinski definition) is 6. The summed E-state index contributed by atoms with van der Waals surface area (Å²) >= 11 is 0. The van der Waals surface area contributed by atoms with E-state index in [-0.39, 0.29) is 6.42 Å². The van der Waals surface area contributed by atoms with E-state index < -0.39 is 17.3 Å². The van der Waals surface area contributed by atoms with Crippen LogP contribution in [0.25, 0.3) is 0 Å². The van der Waals surface area contributed by atoms with E-state index >= 15 is 0 Å². The fraction of sp³-hybridized carbons (Fsp3) is 0.467. The van der Waals surface area contributed by atoms with Crippen LogP contribution in [0, 0.1) is 0 Å². The van der Waals surface area contributed by atoms with Crippen LogP contribution in [0.5, 0.6) is 0 Å². The van der Waals surface area contributed by atoms with E-state index in [1.807, 2.05) is 0 Å². The number of carbonyl (C=O) groups is 1. The maximum absolute atomic E-state index is 12.1. The molecule has 1 aromatic rings. The van der Waals surface area contributed by atoms with Gasteiger partial charge in [-0.1, -0.05) is 12.1 Å². The van der Waals surface area contributed by atoms with Gasteiger partial charge < -0.3 is 15.2 Å². The van der Waals surface area contributed by atoms with Crippen molar-refractivity contribution >= 4 is 17.7 Å². The molecule has 0 fully saturated rings. The minimum Gasteiger partial charge on any atom is -0.465 e. The lowest BCUT2D eigenvalue weighted by Gasteiger charge is -2.33. The third-order valence-electron chi connectivity index (χ3n) is 2.60. The number of rotatable bonds is 5. The van der Waals surface area contributed by atoms with Crippen molar-refractivity contribution in [1.29, 1.82) is 0 Å². The second kappa shape index (κ2) is 6.52. The topological polar surface area (TPSA) is 91.0 Å². The van der Waals surface area contributed by atoms with Gasteiger partial charge in [-0.15, -0.1) is 0 Å². The third kappa shape index (κ3) is 4.70. The number of benzene rings is 1. The van der Waals surface area contributed by atoms with Crippen LogP contribution in [0.1, 0.15) is 26.3 Å². The van der Waals surface area contributed by atoms with Gasteiger partial charge in [-0.25, -0.2) is 9.59 Å². The lowest BCUT2D eigenvalue weighted by atomic mass is 10.0. The quantitative estimate of drug-likeness (QED) is 0.387. The lowest BCUT2D eigenvalue weighted by molar-refractivity contribution is -0.186. The minimum absolute atomic E-state index is 0.0250. The molecule has 0 heterocycles. The van der Waals surface area contributed by atoms with Crippen LogP contribution in [0.4, 0.5) is 5.69 Å². The number of isocyanates is 1. The highest BCUT2D eigenvalue weighted by Gasteiger charge is 2.44. The van der Waals surface area contributed by atoms with Gasteiger partial charge in [0.05, 0.1) is 12.7 Å². The van der Waals surface area contributed by atoms with Gasteiger partial charge in [-0.3, -0.25) is 0 Å². The van der Waals surface area contributed by atoms with E-state index in [2.05, 4.69) is 4.99 Å². The van der Waals surface area contributed by atoms with E-state index in [0.717, 1.165) is 0 Å². The summed E-state index contributed by atoms with van der Waals surface area (Å²) in [6.07, 6.45) is 1.42. The molecule has 0 aromatic heterocycles. The average molecular weight is 292 g/mol. The number of ether oxygens (including phenoxy) is 2. The molecule has 21 heavy (non-hydrogen) atoms. The largest absolute Gasteiger partial charge is 0.465 e. The summed E-state index contributed by atoms with van der Waals surface area (Å²) in [5, 5.41) is 0. The molecule has 0 spiro atoms. The van der Waals surface area contributed by atoms with Gasteiger partial charge in [-0.05, 0) is 38.5 Å². The highest BCUT2D eigenvalue weighted by Crippen LogP contribution is 2.28. The number of nitrogen functional groups attached to an aromatic ring is 1. The van der Waals surface area contributed by atoms with Crippen molar-refractivity contribution in [2.24, 2.45) is 4.99 Å². The molecular weight excluding hydrogens is 272 g/mol. The first-order valence-electron chi connectivity index (χ1n) is 6.44.